The molecular formula is C18H23Cl2N3O3. The second-order valence-electron chi connectivity index (χ2n) is 5.76. The normalized spacial score (nSPS) is 16.0. The van der Waals surface area contributed by atoms with E-state index in [2.05, 4.69) is 15.6 Å². The molecule has 0 aliphatic carbocycles. The minimum Gasteiger partial charge on any atom is -0.439 e. The zero-order valence-corrected chi connectivity index (χ0v) is 16.3. The van der Waals surface area contributed by atoms with E-state index in [1.165, 1.54) is 5.56 Å². The van der Waals surface area contributed by atoms with Crippen LogP contribution in [0.4, 0.5) is 5.69 Å². The average Bonchev–Trinajstić information content (AvgIpc) is 2.61. The van der Waals surface area contributed by atoms with E-state index in [1.54, 1.807) is 18.3 Å². The summed E-state index contributed by atoms with van der Waals surface area (Å²) in [5.74, 6) is 1.14. The van der Waals surface area contributed by atoms with Crippen LogP contribution < -0.4 is 15.4 Å². The van der Waals surface area contributed by atoms with Gasteiger partial charge in [-0.2, -0.15) is 0 Å². The number of ether oxygens (including phenoxy) is 2. The van der Waals surface area contributed by atoms with Gasteiger partial charge >= 0.3 is 0 Å². The summed E-state index contributed by atoms with van der Waals surface area (Å²) in [7, 11) is 0. The van der Waals surface area contributed by atoms with Crippen LogP contribution in [-0.2, 0) is 9.53 Å². The second-order valence-corrected chi connectivity index (χ2v) is 5.76. The van der Waals surface area contributed by atoms with Crippen LogP contribution in [0, 0.1) is 13.8 Å². The van der Waals surface area contributed by atoms with Gasteiger partial charge < -0.3 is 20.1 Å². The van der Waals surface area contributed by atoms with Crippen molar-refractivity contribution in [2.24, 2.45) is 0 Å². The van der Waals surface area contributed by atoms with Gasteiger partial charge in [0.05, 0.1) is 25.1 Å². The van der Waals surface area contributed by atoms with Gasteiger partial charge in [-0.15, -0.1) is 24.8 Å². The number of nitrogens with one attached hydrogen (secondary N) is 2. The van der Waals surface area contributed by atoms with Gasteiger partial charge in [-0.3, -0.25) is 4.79 Å². The van der Waals surface area contributed by atoms with E-state index in [1.807, 2.05) is 32.0 Å². The highest BCUT2D eigenvalue weighted by molar-refractivity contribution is 5.94. The van der Waals surface area contributed by atoms with Gasteiger partial charge in [0.15, 0.2) is 0 Å². The number of aromatic nitrogens is 1. The topological polar surface area (TPSA) is 72.5 Å². The van der Waals surface area contributed by atoms with Crippen molar-refractivity contribution in [3.63, 3.8) is 0 Å². The Kier molecular flexibility index (Phi) is 8.81. The lowest BCUT2D eigenvalue weighted by Crippen LogP contribution is -2.48. The Bertz CT molecular complexity index is 720. The molecule has 26 heavy (non-hydrogen) atoms. The fourth-order valence-electron chi connectivity index (χ4n) is 2.43. The van der Waals surface area contributed by atoms with Gasteiger partial charge in [0.25, 0.3) is 0 Å². The molecule has 0 saturated carbocycles. The summed E-state index contributed by atoms with van der Waals surface area (Å²) >= 11 is 0. The van der Waals surface area contributed by atoms with Crippen LogP contribution in [0.3, 0.4) is 0 Å². The maximum atomic E-state index is 12.1. The van der Waals surface area contributed by atoms with Crippen molar-refractivity contribution < 1.29 is 14.3 Å². The Hall–Kier alpha value is -1.86. The van der Waals surface area contributed by atoms with Crippen molar-refractivity contribution in [1.29, 1.82) is 0 Å². The van der Waals surface area contributed by atoms with Crippen molar-refractivity contribution in [2.45, 2.75) is 19.9 Å². The van der Waals surface area contributed by atoms with Gasteiger partial charge in [0.1, 0.15) is 11.8 Å². The van der Waals surface area contributed by atoms with E-state index in [4.69, 9.17) is 9.47 Å². The largest absolute Gasteiger partial charge is 0.439 e. The molecule has 0 bridgehead atoms. The summed E-state index contributed by atoms with van der Waals surface area (Å²) < 4.78 is 11.1. The molecule has 1 aliphatic rings. The molecule has 1 aliphatic heterocycles. The fraction of sp³-hybridized carbons (Fsp3) is 0.333. The summed E-state index contributed by atoms with van der Waals surface area (Å²) in [6.45, 7) is 5.75. The lowest BCUT2D eigenvalue weighted by molar-refractivity contribution is -0.120. The zero-order chi connectivity index (χ0) is 16.9. The first-order chi connectivity index (χ1) is 11.6. The molecule has 1 aromatic carbocycles. The summed E-state index contributed by atoms with van der Waals surface area (Å²) in [4.78, 5) is 16.4. The number of hydrogen-bond acceptors (Lipinski definition) is 5. The Morgan fingerprint density at radius 3 is 2.73 bits per heavy atom. The molecule has 2 heterocycles. The van der Waals surface area contributed by atoms with E-state index >= 15 is 0 Å². The Morgan fingerprint density at radius 1 is 1.27 bits per heavy atom. The second kappa shape index (κ2) is 10.3. The molecular weight excluding hydrogens is 377 g/mol. The molecule has 1 fully saturated rings. The van der Waals surface area contributed by atoms with Crippen LogP contribution in [-0.4, -0.2) is 36.7 Å². The molecule has 1 atom stereocenters. The number of carbonyl (C=O) groups excluding carboxylic acids is 1. The van der Waals surface area contributed by atoms with Crippen molar-refractivity contribution in [1.82, 2.24) is 10.3 Å². The van der Waals surface area contributed by atoms with E-state index in [0.29, 0.717) is 31.3 Å². The van der Waals surface area contributed by atoms with Gasteiger partial charge in [-0.1, -0.05) is 12.1 Å². The molecule has 1 saturated heterocycles. The maximum absolute atomic E-state index is 12.1. The predicted octanol–water partition coefficient (Wildman–Crippen LogP) is 3.26. The zero-order valence-electron chi connectivity index (χ0n) is 14.7. The lowest BCUT2D eigenvalue weighted by Gasteiger charge is -2.22. The monoisotopic (exact) mass is 399 g/mol. The molecule has 1 aromatic heterocycles. The van der Waals surface area contributed by atoms with Gasteiger partial charge in [-0.25, -0.2) is 4.98 Å². The number of aryl methyl sites for hydroxylation is 1. The molecule has 6 nitrogen and oxygen atoms in total. The molecule has 142 valence electrons. The molecule has 3 rings (SSSR count). The summed E-state index contributed by atoms with van der Waals surface area (Å²) in [5.41, 5.74) is 2.87. The third-order valence-electron chi connectivity index (χ3n) is 4.01. The molecule has 2 aromatic rings. The smallest absolute Gasteiger partial charge is 0.243 e. The number of benzene rings is 1. The number of nitrogens with zero attached hydrogens (tertiary/aromatic N) is 1. The molecule has 2 N–H and O–H groups in total. The highest BCUT2D eigenvalue weighted by atomic mass is 35.5. The molecule has 1 unspecified atom stereocenters. The predicted molar refractivity (Wildman–Crippen MR) is 106 cm³/mol. The Balaban J connectivity index is 0.00000169. The third-order valence-corrected chi connectivity index (χ3v) is 4.01. The van der Waals surface area contributed by atoms with Crippen LogP contribution in [0.25, 0.3) is 0 Å². The molecule has 8 heteroatoms. The number of pyridine rings is 1. The van der Waals surface area contributed by atoms with E-state index in [9.17, 15) is 4.79 Å². The highest BCUT2D eigenvalue weighted by Gasteiger charge is 2.21. The molecule has 1 amide bonds. The third kappa shape index (κ3) is 5.57. The average molecular weight is 400 g/mol. The number of amides is 1. The summed E-state index contributed by atoms with van der Waals surface area (Å²) in [6, 6.07) is 9.08. The van der Waals surface area contributed by atoms with Crippen molar-refractivity contribution in [3.05, 3.63) is 47.7 Å². The molecule has 0 radical (unpaired) electrons. The number of morpholine rings is 1. The number of halogens is 2. The SMILES string of the molecule is Cc1cccc(Oc2ccc(NC(=O)C3COCCN3)cn2)c1C.Cl.Cl. The summed E-state index contributed by atoms with van der Waals surface area (Å²) in [5, 5.41) is 5.94. The van der Waals surface area contributed by atoms with Gasteiger partial charge in [0.2, 0.25) is 11.8 Å². The van der Waals surface area contributed by atoms with E-state index < -0.39 is 0 Å². The first-order valence-electron chi connectivity index (χ1n) is 7.95. The van der Waals surface area contributed by atoms with Crippen LogP contribution in [0.2, 0.25) is 0 Å². The minimum absolute atomic E-state index is 0. The van der Waals surface area contributed by atoms with Crippen molar-refractivity contribution >= 4 is 36.4 Å². The molecule has 0 spiro atoms. The number of rotatable bonds is 4. The first-order valence-corrected chi connectivity index (χ1v) is 7.95. The first kappa shape index (κ1) is 22.2. The minimum atomic E-state index is -0.329. The quantitative estimate of drug-likeness (QED) is 0.825. The summed E-state index contributed by atoms with van der Waals surface area (Å²) in [6.07, 6.45) is 1.59. The lowest BCUT2D eigenvalue weighted by atomic mass is 10.1. The van der Waals surface area contributed by atoms with E-state index in [-0.39, 0.29) is 36.8 Å². The Labute approximate surface area is 165 Å². The maximum Gasteiger partial charge on any atom is 0.243 e. The van der Waals surface area contributed by atoms with Crippen LogP contribution in [0.1, 0.15) is 11.1 Å². The number of anilines is 1. The fourth-order valence-corrected chi connectivity index (χ4v) is 2.43. The van der Waals surface area contributed by atoms with Crippen LogP contribution in [0.15, 0.2) is 36.5 Å². The van der Waals surface area contributed by atoms with Crippen LogP contribution in [0.5, 0.6) is 11.6 Å². The number of carbonyl (C=O) groups is 1. The van der Waals surface area contributed by atoms with Gasteiger partial charge in [0, 0.05) is 12.6 Å². The number of hydrogen-bond donors (Lipinski definition) is 2. The Morgan fingerprint density at radius 2 is 2.08 bits per heavy atom. The van der Waals surface area contributed by atoms with Gasteiger partial charge in [-0.05, 0) is 37.1 Å². The standard InChI is InChI=1S/C18H21N3O3.2ClH/c1-12-4-3-5-16(13(12)2)24-17-7-6-14(10-20-17)21-18(22)15-11-23-9-8-19-15;;/h3-7,10,15,19H,8-9,11H2,1-2H3,(H,21,22);2*1H. The van der Waals surface area contributed by atoms with E-state index in [0.717, 1.165) is 11.3 Å². The van der Waals surface area contributed by atoms with Crippen LogP contribution >= 0.6 is 24.8 Å². The van der Waals surface area contributed by atoms with Crippen molar-refractivity contribution in [3.8, 4) is 11.6 Å². The highest BCUT2D eigenvalue weighted by Crippen LogP contribution is 2.26. The van der Waals surface area contributed by atoms with Crippen molar-refractivity contribution in [2.75, 3.05) is 25.1 Å².